The van der Waals surface area contributed by atoms with Gasteiger partial charge in [-0.1, -0.05) is 54.6 Å². The number of aromatic nitrogens is 1. The van der Waals surface area contributed by atoms with Crippen LogP contribution in [0.4, 0.5) is 0 Å². The Balaban J connectivity index is 2.49. The van der Waals surface area contributed by atoms with Gasteiger partial charge in [-0.3, -0.25) is 4.98 Å². The zero-order valence-electron chi connectivity index (χ0n) is 10.8. The monoisotopic (exact) mass is 235 g/mol. The minimum absolute atomic E-state index is 1.01. The van der Waals surface area contributed by atoms with Crippen molar-refractivity contribution in [2.24, 2.45) is 0 Å². The molecule has 1 heterocycles. The van der Waals surface area contributed by atoms with Crippen LogP contribution < -0.4 is 0 Å². The Bertz CT molecular complexity index is 565. The molecule has 1 aromatic heterocycles. The predicted molar refractivity (Wildman–Crippen MR) is 79.1 cm³/mol. The molecule has 2 aromatic rings. The van der Waals surface area contributed by atoms with Gasteiger partial charge in [-0.25, -0.2) is 0 Å². The van der Waals surface area contributed by atoms with Gasteiger partial charge < -0.3 is 0 Å². The molecule has 0 bridgehead atoms. The third-order valence-corrected chi connectivity index (χ3v) is 2.73. The van der Waals surface area contributed by atoms with Gasteiger partial charge in [0.2, 0.25) is 0 Å². The number of rotatable bonds is 3. The Morgan fingerprint density at radius 2 is 1.56 bits per heavy atom. The van der Waals surface area contributed by atoms with Gasteiger partial charge in [0.25, 0.3) is 0 Å². The Labute approximate surface area is 109 Å². The fourth-order valence-corrected chi connectivity index (χ4v) is 1.89. The molecule has 1 heteroatoms. The summed E-state index contributed by atoms with van der Waals surface area (Å²) in [5.74, 6) is 0. The second-order valence-corrected chi connectivity index (χ2v) is 4.06. The van der Waals surface area contributed by atoms with Crippen molar-refractivity contribution >= 4 is 12.2 Å². The van der Waals surface area contributed by atoms with Gasteiger partial charge in [-0.2, -0.15) is 0 Å². The molecule has 0 fully saturated rings. The Morgan fingerprint density at radius 3 is 2.22 bits per heavy atom. The first-order valence-corrected chi connectivity index (χ1v) is 6.16. The van der Waals surface area contributed by atoms with Crippen molar-refractivity contribution in [3.63, 3.8) is 0 Å². The lowest BCUT2D eigenvalue weighted by atomic mass is 10.0. The summed E-state index contributed by atoms with van der Waals surface area (Å²) < 4.78 is 0. The second kappa shape index (κ2) is 5.97. The van der Waals surface area contributed by atoms with E-state index in [1.165, 1.54) is 5.56 Å². The van der Waals surface area contributed by atoms with Gasteiger partial charge in [-0.05, 0) is 31.0 Å². The number of benzene rings is 1. The molecule has 0 atom stereocenters. The average molecular weight is 235 g/mol. The molecule has 0 unspecified atom stereocenters. The van der Waals surface area contributed by atoms with Crippen LogP contribution in [0, 0.1) is 0 Å². The first-order chi connectivity index (χ1) is 8.85. The molecule has 0 aliphatic rings. The van der Waals surface area contributed by atoms with Gasteiger partial charge in [0, 0.05) is 11.8 Å². The molecule has 1 nitrogen and oxygen atoms in total. The van der Waals surface area contributed by atoms with Crippen molar-refractivity contribution in [3.8, 4) is 11.3 Å². The number of allylic oxidation sites excluding steroid dienone is 2. The van der Waals surface area contributed by atoms with Gasteiger partial charge >= 0.3 is 0 Å². The summed E-state index contributed by atoms with van der Waals surface area (Å²) in [5.41, 5.74) is 4.51. The van der Waals surface area contributed by atoms with Crippen LogP contribution in [-0.2, 0) is 0 Å². The fraction of sp³-hybridized carbons (Fsp3) is 0.118. The predicted octanol–water partition coefficient (Wildman–Crippen LogP) is 4.81. The average Bonchev–Trinajstić information content (AvgIpc) is 2.42. The van der Waals surface area contributed by atoms with Crippen molar-refractivity contribution in [1.29, 1.82) is 0 Å². The maximum Gasteiger partial charge on any atom is 0.0708 e. The summed E-state index contributed by atoms with van der Waals surface area (Å²) in [7, 11) is 0. The summed E-state index contributed by atoms with van der Waals surface area (Å²) in [6, 6.07) is 12.4. The third-order valence-electron chi connectivity index (χ3n) is 2.73. The van der Waals surface area contributed by atoms with E-state index < -0.39 is 0 Å². The van der Waals surface area contributed by atoms with Crippen molar-refractivity contribution in [3.05, 3.63) is 65.9 Å². The summed E-state index contributed by atoms with van der Waals surface area (Å²) in [4.78, 5) is 4.53. The van der Waals surface area contributed by atoms with Crippen molar-refractivity contribution in [1.82, 2.24) is 4.98 Å². The van der Waals surface area contributed by atoms with E-state index in [1.54, 1.807) is 0 Å². The highest BCUT2D eigenvalue weighted by Gasteiger charge is 2.02. The molecule has 0 spiro atoms. The van der Waals surface area contributed by atoms with Crippen molar-refractivity contribution < 1.29 is 0 Å². The minimum atomic E-state index is 1.01. The first kappa shape index (κ1) is 12.3. The molecule has 18 heavy (non-hydrogen) atoms. The van der Waals surface area contributed by atoms with Crippen LogP contribution in [-0.4, -0.2) is 4.98 Å². The molecule has 0 saturated heterocycles. The van der Waals surface area contributed by atoms with E-state index in [9.17, 15) is 0 Å². The highest BCUT2D eigenvalue weighted by molar-refractivity contribution is 5.70. The Hall–Kier alpha value is -2.15. The molecule has 0 radical (unpaired) electrons. The van der Waals surface area contributed by atoms with Gasteiger partial charge in [0.05, 0.1) is 5.69 Å². The van der Waals surface area contributed by atoms with Crippen LogP contribution in [0.3, 0.4) is 0 Å². The maximum absolute atomic E-state index is 4.53. The fourth-order valence-electron chi connectivity index (χ4n) is 1.89. The van der Waals surface area contributed by atoms with Crippen LogP contribution in [0.5, 0.6) is 0 Å². The molecule has 0 saturated carbocycles. The van der Waals surface area contributed by atoms with E-state index in [2.05, 4.69) is 41.4 Å². The number of hydrogen-bond acceptors (Lipinski definition) is 1. The smallest absolute Gasteiger partial charge is 0.0708 e. The SMILES string of the molecule is C/C=C\c1cnc(-c2ccccc2)cc1/C=C\C. The Morgan fingerprint density at radius 1 is 0.889 bits per heavy atom. The summed E-state index contributed by atoms with van der Waals surface area (Å²) >= 11 is 0. The van der Waals surface area contributed by atoms with Crippen LogP contribution in [0.25, 0.3) is 23.4 Å². The van der Waals surface area contributed by atoms with E-state index in [0.717, 1.165) is 16.8 Å². The molecule has 0 aliphatic heterocycles. The molecule has 1 aromatic carbocycles. The van der Waals surface area contributed by atoms with Gasteiger partial charge in [-0.15, -0.1) is 0 Å². The zero-order chi connectivity index (χ0) is 12.8. The lowest BCUT2D eigenvalue weighted by molar-refractivity contribution is 1.30. The van der Waals surface area contributed by atoms with Crippen LogP contribution in [0.2, 0.25) is 0 Å². The zero-order valence-corrected chi connectivity index (χ0v) is 10.8. The molecule has 90 valence electrons. The van der Waals surface area contributed by atoms with E-state index >= 15 is 0 Å². The third kappa shape index (κ3) is 2.75. The molecular weight excluding hydrogens is 218 g/mol. The quantitative estimate of drug-likeness (QED) is 0.743. The molecular formula is C17H17N. The summed E-state index contributed by atoms with van der Waals surface area (Å²) in [6.07, 6.45) is 10.2. The summed E-state index contributed by atoms with van der Waals surface area (Å²) in [6.45, 7) is 4.05. The van der Waals surface area contributed by atoms with Crippen molar-refractivity contribution in [2.75, 3.05) is 0 Å². The molecule has 2 rings (SSSR count). The van der Waals surface area contributed by atoms with Crippen LogP contribution in [0.15, 0.2) is 54.7 Å². The standard InChI is InChI=1S/C17H17N/c1-3-8-15-12-17(14-10-6-5-7-11-14)18-13-16(15)9-4-2/h3-13H,1-2H3/b8-3-,9-4-. The summed E-state index contributed by atoms with van der Waals surface area (Å²) in [5, 5.41) is 0. The number of pyridine rings is 1. The van der Waals surface area contributed by atoms with Crippen molar-refractivity contribution in [2.45, 2.75) is 13.8 Å². The van der Waals surface area contributed by atoms with Crippen LogP contribution >= 0.6 is 0 Å². The Kier molecular flexibility index (Phi) is 4.08. The first-order valence-electron chi connectivity index (χ1n) is 6.16. The van der Waals surface area contributed by atoms with Gasteiger partial charge in [0.1, 0.15) is 0 Å². The topological polar surface area (TPSA) is 12.9 Å². The molecule has 0 N–H and O–H groups in total. The molecule has 0 amide bonds. The largest absolute Gasteiger partial charge is 0.256 e. The highest BCUT2D eigenvalue weighted by atomic mass is 14.7. The highest BCUT2D eigenvalue weighted by Crippen LogP contribution is 2.21. The van der Waals surface area contributed by atoms with Crippen LogP contribution in [0.1, 0.15) is 25.0 Å². The maximum atomic E-state index is 4.53. The van der Waals surface area contributed by atoms with E-state index in [-0.39, 0.29) is 0 Å². The van der Waals surface area contributed by atoms with E-state index in [1.807, 2.05) is 44.3 Å². The van der Waals surface area contributed by atoms with Gasteiger partial charge in [0.15, 0.2) is 0 Å². The van der Waals surface area contributed by atoms with E-state index in [4.69, 9.17) is 0 Å². The normalized spacial score (nSPS) is 11.4. The minimum Gasteiger partial charge on any atom is -0.256 e. The molecule has 0 aliphatic carbocycles. The number of nitrogens with zero attached hydrogens (tertiary/aromatic N) is 1. The lowest BCUT2D eigenvalue weighted by Crippen LogP contribution is -1.88. The van der Waals surface area contributed by atoms with E-state index in [0.29, 0.717) is 0 Å². The number of hydrogen-bond donors (Lipinski definition) is 0. The second-order valence-electron chi connectivity index (χ2n) is 4.06. The lowest BCUT2D eigenvalue weighted by Gasteiger charge is -2.05.